The highest BCUT2D eigenvalue weighted by atomic mass is 35.5. The van der Waals surface area contributed by atoms with Gasteiger partial charge in [-0.05, 0) is 37.6 Å². The molecule has 0 aliphatic heterocycles. The summed E-state index contributed by atoms with van der Waals surface area (Å²) in [5.74, 6) is 0.413. The van der Waals surface area contributed by atoms with Crippen molar-refractivity contribution >= 4 is 58.4 Å². The fourth-order valence-electron chi connectivity index (χ4n) is 2.70. The van der Waals surface area contributed by atoms with Crippen molar-refractivity contribution in [1.82, 2.24) is 10.2 Å². The van der Waals surface area contributed by atoms with Crippen LogP contribution in [0.5, 0.6) is 0 Å². The molecule has 0 saturated carbocycles. The van der Waals surface area contributed by atoms with Crippen LogP contribution in [0.15, 0.2) is 42.5 Å². The van der Waals surface area contributed by atoms with E-state index >= 15 is 0 Å². The van der Waals surface area contributed by atoms with Crippen LogP contribution in [0.3, 0.4) is 0 Å². The summed E-state index contributed by atoms with van der Waals surface area (Å²) in [4.78, 5) is 26.9. The Balaban J connectivity index is 2.14. The van der Waals surface area contributed by atoms with Gasteiger partial charge in [0, 0.05) is 39.5 Å². The van der Waals surface area contributed by atoms with Gasteiger partial charge in [0.25, 0.3) is 0 Å². The van der Waals surface area contributed by atoms with Crippen molar-refractivity contribution in [2.45, 2.75) is 32.2 Å². The van der Waals surface area contributed by atoms with Crippen LogP contribution in [0.2, 0.25) is 15.1 Å². The summed E-state index contributed by atoms with van der Waals surface area (Å²) in [6.07, 6.45) is 0. The number of carbonyl (C=O) groups is 2. The van der Waals surface area contributed by atoms with E-state index in [1.165, 1.54) is 16.7 Å². The monoisotopic (exact) mass is 472 g/mol. The van der Waals surface area contributed by atoms with Crippen LogP contribution in [-0.2, 0) is 21.9 Å². The first kappa shape index (κ1) is 23.9. The number of hydrogen-bond acceptors (Lipinski definition) is 3. The maximum Gasteiger partial charge on any atom is 0.242 e. The number of halogens is 3. The summed E-state index contributed by atoms with van der Waals surface area (Å²) >= 11 is 20.2. The SMILES string of the molecule is CCNC(=O)C(C)N(Cc1c(Cl)cccc1Cl)C(=O)CSCc1ccccc1Cl. The highest BCUT2D eigenvalue weighted by Crippen LogP contribution is 2.27. The minimum atomic E-state index is -0.657. The highest BCUT2D eigenvalue weighted by molar-refractivity contribution is 7.99. The Morgan fingerprint density at radius 3 is 2.28 bits per heavy atom. The summed E-state index contributed by atoms with van der Waals surface area (Å²) in [6, 6.07) is 12.0. The summed E-state index contributed by atoms with van der Waals surface area (Å²) in [6.45, 7) is 4.18. The minimum absolute atomic E-state index is 0.155. The van der Waals surface area contributed by atoms with Crippen LogP contribution in [-0.4, -0.2) is 35.1 Å². The van der Waals surface area contributed by atoms with Crippen molar-refractivity contribution in [3.8, 4) is 0 Å². The molecule has 156 valence electrons. The van der Waals surface area contributed by atoms with Crippen molar-refractivity contribution < 1.29 is 9.59 Å². The first-order valence-electron chi connectivity index (χ1n) is 9.16. The molecular weight excluding hydrogens is 451 g/mol. The molecule has 2 amide bonds. The fourth-order valence-corrected chi connectivity index (χ4v) is 4.42. The largest absolute Gasteiger partial charge is 0.355 e. The lowest BCUT2D eigenvalue weighted by molar-refractivity contribution is -0.138. The number of amides is 2. The molecule has 0 fully saturated rings. The molecule has 0 aromatic heterocycles. The highest BCUT2D eigenvalue weighted by Gasteiger charge is 2.27. The van der Waals surface area contributed by atoms with Gasteiger partial charge in [-0.1, -0.05) is 59.1 Å². The molecule has 0 heterocycles. The number of nitrogens with one attached hydrogen (secondary N) is 1. The summed E-state index contributed by atoms with van der Waals surface area (Å²) < 4.78 is 0. The number of nitrogens with zero attached hydrogens (tertiary/aromatic N) is 1. The zero-order chi connectivity index (χ0) is 21.4. The van der Waals surface area contributed by atoms with Crippen molar-refractivity contribution in [2.24, 2.45) is 0 Å². The summed E-state index contributed by atoms with van der Waals surface area (Å²) in [5, 5.41) is 4.35. The third kappa shape index (κ3) is 6.82. The number of thioether (sulfide) groups is 1. The Kier molecular flexibility index (Phi) is 9.63. The maximum absolute atomic E-state index is 13.0. The smallest absolute Gasteiger partial charge is 0.242 e. The molecule has 0 aliphatic rings. The topological polar surface area (TPSA) is 49.4 Å². The van der Waals surface area contributed by atoms with Gasteiger partial charge >= 0.3 is 0 Å². The van der Waals surface area contributed by atoms with E-state index in [1.807, 2.05) is 31.2 Å². The molecule has 0 bridgehead atoms. The first-order chi connectivity index (χ1) is 13.8. The second-order valence-electron chi connectivity index (χ2n) is 6.38. The molecule has 0 radical (unpaired) electrons. The second kappa shape index (κ2) is 11.7. The predicted molar refractivity (Wildman–Crippen MR) is 123 cm³/mol. The third-order valence-electron chi connectivity index (χ3n) is 4.35. The Hall–Kier alpha value is -1.40. The van der Waals surface area contributed by atoms with Gasteiger partial charge in [0.05, 0.1) is 5.75 Å². The lowest BCUT2D eigenvalue weighted by atomic mass is 10.1. The van der Waals surface area contributed by atoms with Crippen molar-refractivity contribution in [3.05, 3.63) is 68.7 Å². The Morgan fingerprint density at radius 2 is 1.66 bits per heavy atom. The molecule has 8 heteroatoms. The van der Waals surface area contributed by atoms with Crippen LogP contribution in [0.25, 0.3) is 0 Å². The molecule has 1 atom stereocenters. The minimum Gasteiger partial charge on any atom is -0.355 e. The molecule has 1 N–H and O–H groups in total. The number of carbonyl (C=O) groups excluding carboxylic acids is 2. The maximum atomic E-state index is 13.0. The van der Waals surface area contributed by atoms with Gasteiger partial charge in [-0.3, -0.25) is 9.59 Å². The Morgan fingerprint density at radius 1 is 1.03 bits per heavy atom. The van der Waals surface area contributed by atoms with E-state index in [-0.39, 0.29) is 24.1 Å². The predicted octanol–water partition coefficient (Wildman–Crippen LogP) is 5.43. The first-order valence-corrected chi connectivity index (χ1v) is 11.4. The molecule has 2 aromatic carbocycles. The average molecular weight is 474 g/mol. The Bertz CT molecular complexity index is 843. The van der Waals surface area contributed by atoms with Gasteiger partial charge in [0.15, 0.2) is 0 Å². The van der Waals surface area contributed by atoms with E-state index in [9.17, 15) is 9.59 Å². The molecular formula is C21H23Cl3N2O2S. The van der Waals surface area contributed by atoms with Crippen LogP contribution >= 0.6 is 46.6 Å². The normalized spacial score (nSPS) is 11.8. The van der Waals surface area contributed by atoms with Crippen molar-refractivity contribution in [1.29, 1.82) is 0 Å². The average Bonchev–Trinajstić information content (AvgIpc) is 2.69. The molecule has 2 rings (SSSR count). The van der Waals surface area contributed by atoms with Crippen LogP contribution < -0.4 is 5.32 Å². The summed E-state index contributed by atoms with van der Waals surface area (Å²) in [7, 11) is 0. The zero-order valence-corrected chi connectivity index (χ0v) is 19.3. The van der Waals surface area contributed by atoms with Gasteiger partial charge in [-0.25, -0.2) is 0 Å². The lowest BCUT2D eigenvalue weighted by Gasteiger charge is -2.29. The van der Waals surface area contributed by atoms with E-state index in [0.717, 1.165) is 5.56 Å². The Labute approximate surface area is 190 Å². The summed E-state index contributed by atoms with van der Waals surface area (Å²) in [5.41, 5.74) is 1.58. The third-order valence-corrected chi connectivity index (χ3v) is 6.39. The van der Waals surface area contributed by atoms with Gasteiger partial charge in [0.1, 0.15) is 6.04 Å². The van der Waals surface area contributed by atoms with Gasteiger partial charge in [-0.2, -0.15) is 0 Å². The fraction of sp³-hybridized carbons (Fsp3) is 0.333. The van der Waals surface area contributed by atoms with Gasteiger partial charge in [0.2, 0.25) is 11.8 Å². The van der Waals surface area contributed by atoms with Crippen LogP contribution in [0.1, 0.15) is 25.0 Å². The van der Waals surface area contributed by atoms with E-state index in [4.69, 9.17) is 34.8 Å². The van der Waals surface area contributed by atoms with Gasteiger partial charge < -0.3 is 10.2 Å². The standard InChI is InChI=1S/C21H23Cl3N2O2S/c1-3-25-21(28)14(2)26(11-16-18(23)9-6-10-19(16)24)20(27)13-29-12-15-7-4-5-8-17(15)22/h4-10,14H,3,11-13H2,1-2H3,(H,25,28). The van der Waals surface area contributed by atoms with E-state index < -0.39 is 6.04 Å². The molecule has 29 heavy (non-hydrogen) atoms. The van der Waals surface area contributed by atoms with Gasteiger partial charge in [-0.15, -0.1) is 11.8 Å². The molecule has 2 aromatic rings. The van der Waals surface area contributed by atoms with E-state index in [0.29, 0.717) is 32.9 Å². The number of hydrogen-bond donors (Lipinski definition) is 1. The number of likely N-dealkylation sites (N-methyl/N-ethyl adjacent to an activating group) is 1. The zero-order valence-electron chi connectivity index (χ0n) is 16.3. The van der Waals surface area contributed by atoms with Crippen molar-refractivity contribution in [2.75, 3.05) is 12.3 Å². The molecule has 1 unspecified atom stereocenters. The quantitative estimate of drug-likeness (QED) is 0.528. The molecule has 0 saturated heterocycles. The lowest BCUT2D eigenvalue weighted by Crippen LogP contribution is -2.48. The molecule has 0 spiro atoms. The van der Waals surface area contributed by atoms with Crippen LogP contribution in [0, 0.1) is 0 Å². The number of benzene rings is 2. The molecule has 0 aliphatic carbocycles. The second-order valence-corrected chi connectivity index (χ2v) is 8.58. The van der Waals surface area contributed by atoms with Crippen LogP contribution in [0.4, 0.5) is 0 Å². The molecule has 4 nitrogen and oxygen atoms in total. The van der Waals surface area contributed by atoms with Crippen molar-refractivity contribution in [3.63, 3.8) is 0 Å². The number of rotatable bonds is 9. The van der Waals surface area contributed by atoms with E-state index in [2.05, 4.69) is 5.32 Å². The van der Waals surface area contributed by atoms with E-state index in [1.54, 1.807) is 25.1 Å².